The summed E-state index contributed by atoms with van der Waals surface area (Å²) in [6.07, 6.45) is 2.26. The number of nitrogens with zero attached hydrogens (tertiary/aromatic N) is 3. The van der Waals surface area contributed by atoms with Crippen molar-refractivity contribution in [1.29, 1.82) is 0 Å². The van der Waals surface area contributed by atoms with Crippen LogP contribution >= 0.6 is 0 Å². The van der Waals surface area contributed by atoms with Gasteiger partial charge in [0.2, 0.25) is 6.79 Å². The molecule has 4 rings (SSSR count). The summed E-state index contributed by atoms with van der Waals surface area (Å²) in [5.41, 5.74) is 0.745. The molecule has 0 aliphatic carbocycles. The molecule has 2 aromatic rings. The topological polar surface area (TPSA) is 120 Å². The molecule has 1 aromatic heterocycles. The van der Waals surface area contributed by atoms with Crippen molar-refractivity contribution in [2.75, 3.05) is 31.3 Å². The number of nitrogens with one attached hydrogen (secondary N) is 1. The lowest BCUT2D eigenvalue weighted by Crippen LogP contribution is -2.48. The fourth-order valence-corrected chi connectivity index (χ4v) is 3.46. The van der Waals surface area contributed by atoms with Crippen LogP contribution in [-0.2, 0) is 10.2 Å². The Bertz CT molecular complexity index is 882. The van der Waals surface area contributed by atoms with E-state index in [1.807, 2.05) is 12.1 Å². The average Bonchev–Trinajstić information content (AvgIpc) is 2.97. The second-order valence-electron chi connectivity index (χ2n) is 5.89. The molecular formula is C14H17N5O4S. The molecule has 2 aliphatic rings. The third-order valence-electron chi connectivity index (χ3n) is 4.23. The van der Waals surface area contributed by atoms with Crippen molar-refractivity contribution in [3.05, 3.63) is 18.5 Å². The van der Waals surface area contributed by atoms with Crippen molar-refractivity contribution in [2.24, 2.45) is 11.1 Å². The second kappa shape index (κ2) is 5.72. The maximum Gasteiger partial charge on any atom is 0.274 e. The first-order valence-corrected chi connectivity index (χ1v) is 9.11. The zero-order valence-electron chi connectivity index (χ0n) is 12.8. The second-order valence-corrected chi connectivity index (χ2v) is 7.27. The monoisotopic (exact) mass is 351 g/mol. The molecule has 0 spiro atoms. The van der Waals surface area contributed by atoms with Gasteiger partial charge >= 0.3 is 0 Å². The minimum absolute atomic E-state index is 0.205. The van der Waals surface area contributed by atoms with Crippen molar-refractivity contribution in [1.82, 2.24) is 14.7 Å². The van der Waals surface area contributed by atoms with E-state index in [-0.39, 0.29) is 6.79 Å². The van der Waals surface area contributed by atoms with E-state index in [0.29, 0.717) is 24.0 Å². The summed E-state index contributed by atoms with van der Waals surface area (Å²) >= 11 is 0. The summed E-state index contributed by atoms with van der Waals surface area (Å²) in [4.78, 5) is 10.9. The van der Waals surface area contributed by atoms with E-state index in [9.17, 15) is 8.42 Å². The van der Waals surface area contributed by atoms with Crippen LogP contribution in [0.3, 0.4) is 0 Å². The Hall–Kier alpha value is -2.17. The van der Waals surface area contributed by atoms with Crippen LogP contribution in [0.25, 0.3) is 10.9 Å². The van der Waals surface area contributed by atoms with Crippen LogP contribution in [0.5, 0.6) is 11.5 Å². The maximum atomic E-state index is 10.9. The first kappa shape index (κ1) is 15.4. The van der Waals surface area contributed by atoms with Gasteiger partial charge < -0.3 is 14.4 Å². The molecule has 2 aliphatic heterocycles. The highest BCUT2D eigenvalue weighted by atomic mass is 32.2. The molecule has 1 aromatic carbocycles. The number of hydrogen-bond acceptors (Lipinski definition) is 7. The number of anilines is 1. The van der Waals surface area contributed by atoms with Gasteiger partial charge in [0.25, 0.3) is 10.2 Å². The number of aromatic nitrogens is 2. The molecule has 3 N–H and O–H groups in total. The first-order chi connectivity index (χ1) is 11.5. The van der Waals surface area contributed by atoms with E-state index in [0.717, 1.165) is 36.2 Å². The molecule has 0 saturated carbocycles. The highest BCUT2D eigenvalue weighted by Crippen LogP contribution is 2.41. The summed E-state index contributed by atoms with van der Waals surface area (Å²) < 4.78 is 34.9. The van der Waals surface area contributed by atoms with E-state index >= 15 is 0 Å². The van der Waals surface area contributed by atoms with Crippen LogP contribution in [-0.4, -0.2) is 44.8 Å². The van der Waals surface area contributed by atoms with Crippen LogP contribution in [0.15, 0.2) is 18.5 Å². The number of ether oxygens (including phenoxy) is 2. The van der Waals surface area contributed by atoms with Gasteiger partial charge in [-0.05, 0) is 24.5 Å². The van der Waals surface area contributed by atoms with Gasteiger partial charge in [0.1, 0.15) is 17.7 Å². The minimum atomic E-state index is -3.61. The van der Waals surface area contributed by atoms with Crippen molar-refractivity contribution in [3.8, 4) is 11.5 Å². The smallest absolute Gasteiger partial charge is 0.274 e. The molecule has 0 bridgehead atoms. The zero-order chi connectivity index (χ0) is 16.7. The van der Waals surface area contributed by atoms with Gasteiger partial charge in [-0.1, -0.05) is 0 Å². The molecule has 1 fully saturated rings. The molecular weight excluding hydrogens is 334 g/mol. The Kier molecular flexibility index (Phi) is 3.66. The van der Waals surface area contributed by atoms with Crippen LogP contribution in [0, 0.1) is 5.92 Å². The molecule has 10 heteroatoms. The molecule has 0 unspecified atom stereocenters. The van der Waals surface area contributed by atoms with Gasteiger partial charge in [0.15, 0.2) is 11.5 Å². The molecule has 24 heavy (non-hydrogen) atoms. The van der Waals surface area contributed by atoms with E-state index in [1.54, 1.807) is 0 Å². The van der Waals surface area contributed by atoms with Crippen LogP contribution in [0.2, 0.25) is 0 Å². The van der Waals surface area contributed by atoms with Gasteiger partial charge in [0, 0.05) is 25.0 Å². The lowest BCUT2D eigenvalue weighted by Gasteiger charge is -2.40. The lowest BCUT2D eigenvalue weighted by atomic mass is 9.96. The lowest BCUT2D eigenvalue weighted by molar-refractivity contribution is 0.174. The molecule has 0 amide bonds. The minimum Gasteiger partial charge on any atom is -0.454 e. The van der Waals surface area contributed by atoms with Crippen LogP contribution in [0.1, 0.15) is 6.42 Å². The highest BCUT2D eigenvalue weighted by Gasteiger charge is 2.30. The van der Waals surface area contributed by atoms with Crippen molar-refractivity contribution in [2.45, 2.75) is 6.42 Å². The summed E-state index contributed by atoms with van der Waals surface area (Å²) in [6.45, 7) is 2.18. The number of nitrogens with two attached hydrogens (primary N) is 1. The van der Waals surface area contributed by atoms with Crippen molar-refractivity contribution < 1.29 is 17.9 Å². The Morgan fingerprint density at radius 2 is 2.12 bits per heavy atom. The predicted molar refractivity (Wildman–Crippen MR) is 87.1 cm³/mol. The van der Waals surface area contributed by atoms with Gasteiger partial charge in [0.05, 0.1) is 0 Å². The van der Waals surface area contributed by atoms with E-state index in [4.69, 9.17) is 14.6 Å². The fraction of sp³-hybridized carbons (Fsp3) is 0.429. The SMILES string of the molecule is NS(=O)(=O)NCCC1CN(c2ncnc3c4c(ccc23)OCO4)C1. The van der Waals surface area contributed by atoms with Crippen molar-refractivity contribution in [3.63, 3.8) is 0 Å². The Balaban J connectivity index is 1.47. The molecule has 9 nitrogen and oxygen atoms in total. The largest absolute Gasteiger partial charge is 0.454 e. The number of rotatable bonds is 5. The van der Waals surface area contributed by atoms with E-state index in [1.165, 1.54) is 6.33 Å². The molecule has 0 atom stereocenters. The summed E-state index contributed by atoms with van der Waals surface area (Å²) in [5, 5.41) is 5.84. The molecule has 1 saturated heterocycles. The summed E-state index contributed by atoms with van der Waals surface area (Å²) in [5.74, 6) is 2.61. The third kappa shape index (κ3) is 2.83. The van der Waals surface area contributed by atoms with Crippen LogP contribution in [0.4, 0.5) is 5.82 Å². The normalized spacial score (nSPS) is 17.3. The maximum absolute atomic E-state index is 10.9. The van der Waals surface area contributed by atoms with Gasteiger partial charge in [-0.2, -0.15) is 8.42 Å². The van der Waals surface area contributed by atoms with Gasteiger partial charge in [-0.3, -0.25) is 0 Å². The quantitative estimate of drug-likeness (QED) is 0.776. The van der Waals surface area contributed by atoms with Crippen LogP contribution < -0.4 is 24.2 Å². The van der Waals surface area contributed by atoms with E-state index in [2.05, 4.69) is 19.6 Å². The molecule has 0 radical (unpaired) electrons. The standard InChI is InChI=1S/C14H17N5O4S/c15-24(20,21)18-4-3-9-5-19(6-9)14-10-1-2-11-13(23-8-22-11)12(10)16-7-17-14/h1-2,7,9,18H,3-6,8H2,(H2,15,20,21). The molecule has 3 heterocycles. The first-order valence-electron chi connectivity index (χ1n) is 7.57. The summed E-state index contributed by atoms with van der Waals surface area (Å²) in [7, 11) is -3.61. The third-order valence-corrected chi connectivity index (χ3v) is 4.84. The van der Waals surface area contributed by atoms with Crippen molar-refractivity contribution >= 4 is 26.9 Å². The highest BCUT2D eigenvalue weighted by molar-refractivity contribution is 7.87. The Labute approximate surface area is 139 Å². The zero-order valence-corrected chi connectivity index (χ0v) is 13.6. The Morgan fingerprint density at radius 1 is 1.29 bits per heavy atom. The number of benzene rings is 1. The Morgan fingerprint density at radius 3 is 2.92 bits per heavy atom. The van der Waals surface area contributed by atoms with Gasteiger partial charge in [-0.25, -0.2) is 19.8 Å². The predicted octanol–water partition coefficient (Wildman–Crippen LogP) is -0.0221. The van der Waals surface area contributed by atoms with E-state index < -0.39 is 10.2 Å². The average molecular weight is 351 g/mol. The fourth-order valence-electron chi connectivity index (χ4n) is 3.06. The summed E-state index contributed by atoms with van der Waals surface area (Å²) in [6, 6.07) is 3.80. The van der Waals surface area contributed by atoms with Gasteiger partial charge in [-0.15, -0.1) is 0 Å². The molecule has 128 valence electrons. The number of fused-ring (bicyclic) bond motifs is 3. The number of hydrogen-bond donors (Lipinski definition) is 2.